The molecule has 2 rings (SSSR count). The number of imide groups is 1. The summed E-state index contributed by atoms with van der Waals surface area (Å²) in [4.78, 5) is 37.8. The number of nitrogens with zero attached hydrogens (tertiary/aromatic N) is 2. The molecule has 1 radical (unpaired) electrons. The molecule has 97 valence electrons. The zero-order valence-electron chi connectivity index (χ0n) is 9.91. The van der Waals surface area contributed by atoms with Crippen molar-refractivity contribution in [2.75, 3.05) is 20.2 Å². The van der Waals surface area contributed by atoms with E-state index in [4.69, 9.17) is 9.94 Å². The number of quaternary nitrogens is 1. The van der Waals surface area contributed by atoms with E-state index in [1.54, 1.807) is 0 Å². The molecule has 0 saturated carbocycles. The fourth-order valence-corrected chi connectivity index (χ4v) is 1.67. The maximum atomic E-state index is 11.5. The first kappa shape index (κ1) is 17.5. The van der Waals surface area contributed by atoms with Crippen LogP contribution in [0.25, 0.3) is 0 Å². The van der Waals surface area contributed by atoms with Crippen molar-refractivity contribution in [3.8, 4) is 0 Å². The number of nitrogens with one attached hydrogen (secondary N) is 1. The van der Waals surface area contributed by atoms with Crippen LogP contribution < -0.4 is 5.32 Å². The van der Waals surface area contributed by atoms with Gasteiger partial charge in [0.2, 0.25) is 0 Å². The van der Waals surface area contributed by atoms with Crippen LogP contribution in [0.15, 0.2) is 17.5 Å². The van der Waals surface area contributed by atoms with Gasteiger partial charge in [-0.2, -0.15) is 9.74 Å². The van der Waals surface area contributed by atoms with Gasteiger partial charge in [0.25, 0.3) is 5.91 Å². The van der Waals surface area contributed by atoms with Crippen LogP contribution in [0.5, 0.6) is 0 Å². The molecule has 8 nitrogen and oxygen atoms in total. The number of aliphatic hydroxyl groups excluding tert-OH is 1. The SMILES string of the molecule is CO.O=NCC1CC[N+]2(C=CC(=O)NC2=O)O1.[Y]. The summed E-state index contributed by atoms with van der Waals surface area (Å²) in [6.45, 7) is 0.435. The molecule has 1 fully saturated rings. The molecule has 3 amide bonds. The first-order valence-electron chi connectivity index (χ1n) is 5.01. The van der Waals surface area contributed by atoms with Crippen LogP contribution in [0.1, 0.15) is 6.42 Å². The third-order valence-corrected chi connectivity index (χ3v) is 2.44. The van der Waals surface area contributed by atoms with E-state index in [9.17, 15) is 14.5 Å². The first-order chi connectivity index (χ1) is 8.16. The van der Waals surface area contributed by atoms with Crippen LogP contribution in [0.2, 0.25) is 0 Å². The molecule has 0 bridgehead atoms. The first-order valence-corrected chi connectivity index (χ1v) is 5.01. The van der Waals surface area contributed by atoms with E-state index >= 15 is 0 Å². The summed E-state index contributed by atoms with van der Waals surface area (Å²) < 4.78 is -0.369. The van der Waals surface area contributed by atoms with Crippen molar-refractivity contribution in [1.82, 2.24) is 5.32 Å². The van der Waals surface area contributed by atoms with Gasteiger partial charge in [-0.05, 0) is 0 Å². The van der Waals surface area contributed by atoms with Gasteiger partial charge in [-0.25, -0.2) is 10.1 Å². The minimum atomic E-state index is -0.518. The molecule has 0 aliphatic carbocycles. The molecule has 18 heavy (non-hydrogen) atoms. The number of nitroso groups, excluding NO2 is 1. The van der Waals surface area contributed by atoms with Crippen LogP contribution >= 0.6 is 0 Å². The van der Waals surface area contributed by atoms with Crippen LogP contribution in [0, 0.1) is 4.91 Å². The number of amides is 3. The van der Waals surface area contributed by atoms with Gasteiger partial charge in [0, 0.05) is 46.2 Å². The van der Waals surface area contributed by atoms with Crippen molar-refractivity contribution < 1.29 is 56.9 Å². The third-order valence-electron chi connectivity index (χ3n) is 2.44. The van der Waals surface area contributed by atoms with Gasteiger partial charge >= 0.3 is 6.03 Å². The minimum absolute atomic E-state index is 0. The van der Waals surface area contributed by atoms with Gasteiger partial charge in [0.05, 0.1) is 6.08 Å². The maximum absolute atomic E-state index is 11.5. The van der Waals surface area contributed by atoms with Gasteiger partial charge in [-0.1, -0.05) is 9.82 Å². The zero-order valence-corrected chi connectivity index (χ0v) is 12.7. The molecule has 2 unspecified atom stereocenters. The maximum Gasteiger partial charge on any atom is 0.460 e. The van der Waals surface area contributed by atoms with Crippen LogP contribution in [0.3, 0.4) is 0 Å². The standard InChI is InChI=1S/C8H9N3O4.CH4O.Y/c12-7-2-4-11(8(13)10-7)3-1-6(15-11)5-9-14;1-2;/h2,4,6H,1,3,5H2;2H,1H3;/p+1. The Kier molecular flexibility index (Phi) is 7.57. The normalized spacial score (nSPS) is 29.1. The predicted octanol–water partition coefficient (Wildman–Crippen LogP) is -0.357. The van der Waals surface area contributed by atoms with E-state index in [0.717, 1.165) is 7.11 Å². The summed E-state index contributed by atoms with van der Waals surface area (Å²) in [5.74, 6) is -0.454. The Bertz CT molecular complexity index is 362. The molecule has 2 N–H and O–H groups in total. The Morgan fingerprint density at radius 1 is 1.56 bits per heavy atom. The van der Waals surface area contributed by atoms with Gasteiger partial charge in [-0.15, -0.1) is 0 Å². The Labute approximate surface area is 129 Å². The third kappa shape index (κ3) is 3.73. The van der Waals surface area contributed by atoms with Crippen molar-refractivity contribution in [3.63, 3.8) is 0 Å². The molecule has 0 aromatic rings. The monoisotopic (exact) mass is 333 g/mol. The molecule has 1 spiro atoms. The van der Waals surface area contributed by atoms with E-state index in [0.29, 0.717) is 13.0 Å². The molecular weight excluding hydrogens is 319 g/mol. The van der Waals surface area contributed by atoms with Crippen molar-refractivity contribution in [2.24, 2.45) is 5.18 Å². The molecule has 0 aromatic heterocycles. The Morgan fingerprint density at radius 3 is 2.78 bits per heavy atom. The number of urea groups is 1. The van der Waals surface area contributed by atoms with E-state index < -0.39 is 11.9 Å². The fraction of sp³-hybridized carbons (Fsp3) is 0.556. The molecule has 2 atom stereocenters. The number of hydrogen-bond acceptors (Lipinski definition) is 6. The van der Waals surface area contributed by atoms with Crippen molar-refractivity contribution in [3.05, 3.63) is 17.2 Å². The summed E-state index contributed by atoms with van der Waals surface area (Å²) >= 11 is 0. The van der Waals surface area contributed by atoms with Crippen LogP contribution in [-0.4, -0.2) is 48.0 Å². The molecule has 2 heterocycles. The Morgan fingerprint density at radius 2 is 2.22 bits per heavy atom. The van der Waals surface area contributed by atoms with E-state index in [1.807, 2.05) is 0 Å². The van der Waals surface area contributed by atoms with Crippen LogP contribution in [-0.2, 0) is 42.3 Å². The predicted molar refractivity (Wildman–Crippen MR) is 56.1 cm³/mol. The quantitative estimate of drug-likeness (QED) is 0.531. The topological polar surface area (TPSA) is 105 Å². The summed E-state index contributed by atoms with van der Waals surface area (Å²) in [5.41, 5.74) is 0. The minimum Gasteiger partial charge on any atom is -0.400 e. The number of carbonyl (C=O) groups is 2. The smallest absolute Gasteiger partial charge is 0.400 e. The summed E-state index contributed by atoms with van der Waals surface area (Å²) in [7, 11) is 1.00. The van der Waals surface area contributed by atoms with Crippen molar-refractivity contribution in [1.29, 1.82) is 0 Å². The van der Waals surface area contributed by atoms with E-state index in [2.05, 4.69) is 10.5 Å². The van der Waals surface area contributed by atoms with Gasteiger partial charge in [0.15, 0.2) is 0 Å². The average molecular weight is 333 g/mol. The van der Waals surface area contributed by atoms with Gasteiger partial charge < -0.3 is 5.11 Å². The van der Waals surface area contributed by atoms with Crippen molar-refractivity contribution >= 4 is 11.9 Å². The summed E-state index contributed by atoms with van der Waals surface area (Å²) in [6, 6.07) is -0.518. The Hall–Kier alpha value is -0.536. The molecule has 9 heteroatoms. The average Bonchev–Trinajstić information content (AvgIpc) is 2.73. The number of hydroxylamine groups is 3. The van der Waals surface area contributed by atoms with Gasteiger partial charge in [0.1, 0.15) is 25.4 Å². The zero-order chi connectivity index (χ0) is 12.9. The summed E-state index contributed by atoms with van der Waals surface area (Å²) in [5, 5.41) is 11.9. The number of carbonyl (C=O) groups excluding carboxylic acids is 2. The second kappa shape index (κ2) is 7.80. The number of aliphatic hydroxyl groups is 1. The Balaban J connectivity index is 0.000000917. The number of hydrogen-bond donors (Lipinski definition) is 2. The summed E-state index contributed by atoms with van der Waals surface area (Å²) in [6.07, 6.45) is 2.85. The van der Waals surface area contributed by atoms with Crippen LogP contribution in [0.4, 0.5) is 4.79 Å². The van der Waals surface area contributed by atoms with E-state index in [-0.39, 0.29) is 50.0 Å². The number of rotatable bonds is 2. The largest absolute Gasteiger partial charge is 0.460 e. The molecule has 2 aliphatic rings. The molecule has 1 saturated heterocycles. The van der Waals surface area contributed by atoms with Gasteiger partial charge in [-0.3, -0.25) is 4.79 Å². The fourth-order valence-electron chi connectivity index (χ4n) is 1.67. The molecule has 2 aliphatic heterocycles. The van der Waals surface area contributed by atoms with Crippen molar-refractivity contribution in [2.45, 2.75) is 12.5 Å². The second-order valence-electron chi connectivity index (χ2n) is 3.46. The molecule has 0 aromatic carbocycles. The molecular formula is C9H14N3O5Y+. The second-order valence-corrected chi connectivity index (χ2v) is 3.46. The van der Waals surface area contributed by atoms with E-state index in [1.165, 1.54) is 12.3 Å².